The molecule has 0 bridgehead atoms. The molecule has 1 rings (SSSR count). The van der Waals surface area contributed by atoms with Gasteiger partial charge < -0.3 is 15.8 Å². The highest BCUT2D eigenvalue weighted by atomic mass is 32.1. The zero-order chi connectivity index (χ0) is 17.5. The number of hydrogen-bond acceptors (Lipinski definition) is 6. The molecule has 0 aromatic carbocycles. The average molecular weight is 341 g/mol. The van der Waals surface area contributed by atoms with Gasteiger partial charge in [0.2, 0.25) is 5.91 Å². The van der Waals surface area contributed by atoms with E-state index in [1.807, 2.05) is 20.8 Å². The topological polar surface area (TPSA) is 94.3 Å². The molecule has 3 N–H and O–H groups in total. The van der Waals surface area contributed by atoms with Crippen LogP contribution in [0.4, 0.5) is 5.13 Å². The van der Waals surface area contributed by atoms with E-state index in [1.165, 1.54) is 7.11 Å². The minimum atomic E-state index is -0.422. The third kappa shape index (κ3) is 6.27. The summed E-state index contributed by atoms with van der Waals surface area (Å²) in [4.78, 5) is 28.7. The number of rotatable bonds is 8. The van der Waals surface area contributed by atoms with Crippen LogP contribution >= 0.6 is 11.3 Å². The molecule has 23 heavy (non-hydrogen) atoms. The zero-order valence-electron chi connectivity index (χ0n) is 14.4. The Labute approximate surface area is 141 Å². The third-order valence-electron chi connectivity index (χ3n) is 3.31. The van der Waals surface area contributed by atoms with E-state index < -0.39 is 5.97 Å². The molecule has 0 unspecified atom stereocenters. The summed E-state index contributed by atoms with van der Waals surface area (Å²) >= 11 is 1.16. The molecule has 0 aliphatic carbocycles. The Morgan fingerprint density at radius 1 is 1.22 bits per heavy atom. The molecule has 7 heteroatoms. The standard InChI is InChI=1S/C16H27N3O3S/c1-16(2,3)13-12(14(21)22-4)23-15(19-13)18-11(20)9-7-5-6-8-10-17/h5-10,17H2,1-4H3,(H,18,19,20). The van der Waals surface area contributed by atoms with Gasteiger partial charge in [0.15, 0.2) is 5.13 Å². The lowest BCUT2D eigenvalue weighted by atomic mass is 9.91. The van der Waals surface area contributed by atoms with Gasteiger partial charge in [0, 0.05) is 11.8 Å². The van der Waals surface area contributed by atoms with Gasteiger partial charge in [-0.05, 0) is 19.4 Å². The third-order valence-corrected chi connectivity index (χ3v) is 4.26. The highest BCUT2D eigenvalue weighted by Gasteiger charge is 2.28. The van der Waals surface area contributed by atoms with E-state index in [0.29, 0.717) is 28.7 Å². The molecular weight excluding hydrogens is 314 g/mol. The van der Waals surface area contributed by atoms with Gasteiger partial charge >= 0.3 is 5.97 Å². The first kappa shape index (κ1) is 19.6. The van der Waals surface area contributed by atoms with Gasteiger partial charge in [-0.2, -0.15) is 0 Å². The highest BCUT2D eigenvalue weighted by molar-refractivity contribution is 7.17. The summed E-state index contributed by atoms with van der Waals surface area (Å²) in [6, 6.07) is 0. The molecule has 0 atom stereocenters. The van der Waals surface area contributed by atoms with Crippen LogP contribution in [0.3, 0.4) is 0 Å². The van der Waals surface area contributed by atoms with Crippen molar-refractivity contribution < 1.29 is 14.3 Å². The molecule has 0 aliphatic rings. The number of nitrogens with zero attached hydrogens (tertiary/aromatic N) is 1. The first-order valence-electron chi connectivity index (χ1n) is 7.89. The molecule has 1 amide bonds. The Morgan fingerprint density at radius 3 is 2.43 bits per heavy atom. The average Bonchev–Trinajstić information content (AvgIpc) is 2.90. The van der Waals surface area contributed by atoms with Crippen molar-refractivity contribution in [2.24, 2.45) is 5.73 Å². The van der Waals surface area contributed by atoms with Crippen LogP contribution in [0.25, 0.3) is 0 Å². The van der Waals surface area contributed by atoms with Crippen molar-refractivity contribution in [1.82, 2.24) is 4.98 Å². The van der Waals surface area contributed by atoms with Crippen molar-refractivity contribution in [3.63, 3.8) is 0 Å². The lowest BCUT2D eigenvalue weighted by molar-refractivity contribution is -0.116. The van der Waals surface area contributed by atoms with E-state index in [1.54, 1.807) is 0 Å². The Hall–Kier alpha value is -1.47. The molecule has 0 saturated carbocycles. The molecule has 6 nitrogen and oxygen atoms in total. The van der Waals surface area contributed by atoms with Crippen molar-refractivity contribution in [3.8, 4) is 0 Å². The van der Waals surface area contributed by atoms with Crippen LogP contribution in [0.1, 0.15) is 68.2 Å². The van der Waals surface area contributed by atoms with E-state index in [-0.39, 0.29) is 11.3 Å². The van der Waals surface area contributed by atoms with Gasteiger partial charge in [-0.1, -0.05) is 44.9 Å². The van der Waals surface area contributed by atoms with Crippen molar-refractivity contribution in [1.29, 1.82) is 0 Å². The van der Waals surface area contributed by atoms with E-state index in [0.717, 1.165) is 37.0 Å². The summed E-state index contributed by atoms with van der Waals surface area (Å²) in [5.74, 6) is -0.502. The number of aromatic nitrogens is 1. The van der Waals surface area contributed by atoms with E-state index in [9.17, 15) is 9.59 Å². The predicted octanol–water partition coefficient (Wildman–Crippen LogP) is 3.07. The van der Waals surface area contributed by atoms with Crippen LogP contribution in [0.2, 0.25) is 0 Å². The largest absolute Gasteiger partial charge is 0.465 e. The van der Waals surface area contributed by atoms with Gasteiger partial charge in [0.1, 0.15) is 4.88 Å². The second kappa shape index (κ2) is 8.98. The number of nitrogens with two attached hydrogens (primary N) is 1. The molecule has 1 aromatic rings. The molecule has 130 valence electrons. The minimum Gasteiger partial charge on any atom is -0.465 e. The zero-order valence-corrected chi connectivity index (χ0v) is 15.2. The monoisotopic (exact) mass is 341 g/mol. The Morgan fingerprint density at radius 2 is 1.87 bits per heavy atom. The summed E-state index contributed by atoms with van der Waals surface area (Å²) in [6.07, 6.45) is 4.30. The molecule has 1 heterocycles. The maximum Gasteiger partial charge on any atom is 0.350 e. The first-order valence-corrected chi connectivity index (χ1v) is 8.70. The number of amides is 1. The van der Waals surface area contributed by atoms with Crippen LogP contribution in [0.15, 0.2) is 0 Å². The molecular formula is C16H27N3O3S. The summed E-state index contributed by atoms with van der Waals surface area (Å²) in [7, 11) is 1.34. The number of thiazole rings is 1. The lowest BCUT2D eigenvalue weighted by Crippen LogP contribution is -2.17. The molecule has 0 spiro atoms. The van der Waals surface area contributed by atoms with Gasteiger partial charge in [0.05, 0.1) is 12.8 Å². The minimum absolute atomic E-state index is 0.0802. The van der Waals surface area contributed by atoms with E-state index >= 15 is 0 Å². The number of esters is 1. The molecule has 1 aromatic heterocycles. The smallest absolute Gasteiger partial charge is 0.350 e. The number of hydrogen-bond donors (Lipinski definition) is 2. The summed E-state index contributed by atoms with van der Waals surface area (Å²) in [5, 5.41) is 3.23. The van der Waals surface area contributed by atoms with Crippen molar-refractivity contribution in [3.05, 3.63) is 10.6 Å². The van der Waals surface area contributed by atoms with Gasteiger partial charge in [-0.3, -0.25) is 4.79 Å². The SMILES string of the molecule is COC(=O)c1sc(NC(=O)CCCCCCN)nc1C(C)(C)C. The van der Waals surface area contributed by atoms with Crippen LogP contribution in [0.5, 0.6) is 0 Å². The summed E-state index contributed by atoms with van der Waals surface area (Å²) in [6.45, 7) is 6.60. The second-order valence-electron chi connectivity index (χ2n) is 6.44. The van der Waals surface area contributed by atoms with Crippen LogP contribution in [-0.4, -0.2) is 30.5 Å². The maximum atomic E-state index is 12.0. The summed E-state index contributed by atoms with van der Waals surface area (Å²) < 4.78 is 4.80. The second-order valence-corrected chi connectivity index (χ2v) is 7.44. The first-order chi connectivity index (χ1) is 10.8. The quantitative estimate of drug-likeness (QED) is 0.560. The fraction of sp³-hybridized carbons (Fsp3) is 0.688. The van der Waals surface area contributed by atoms with Crippen LogP contribution in [0, 0.1) is 0 Å². The Kier molecular flexibility index (Phi) is 7.64. The van der Waals surface area contributed by atoms with Crippen molar-refractivity contribution >= 4 is 28.3 Å². The molecule has 0 saturated heterocycles. The lowest BCUT2D eigenvalue weighted by Gasteiger charge is -2.16. The number of unbranched alkanes of at least 4 members (excludes halogenated alkanes) is 3. The van der Waals surface area contributed by atoms with Gasteiger partial charge in [-0.25, -0.2) is 9.78 Å². The van der Waals surface area contributed by atoms with Crippen LogP contribution in [-0.2, 0) is 14.9 Å². The normalized spacial score (nSPS) is 11.3. The number of methoxy groups -OCH3 is 1. The Balaban J connectivity index is 2.68. The fourth-order valence-corrected chi connectivity index (χ4v) is 3.19. The van der Waals surface area contributed by atoms with Gasteiger partial charge in [-0.15, -0.1) is 0 Å². The number of carbonyl (C=O) groups is 2. The number of ether oxygens (including phenoxy) is 1. The molecule has 0 radical (unpaired) electrons. The Bertz CT molecular complexity index is 535. The summed E-state index contributed by atoms with van der Waals surface area (Å²) in [5.41, 5.74) is 5.78. The number of nitrogens with one attached hydrogen (secondary N) is 1. The number of anilines is 1. The molecule has 0 fully saturated rings. The van der Waals surface area contributed by atoms with Crippen molar-refractivity contribution in [2.45, 2.75) is 58.3 Å². The number of carbonyl (C=O) groups excluding carboxylic acids is 2. The van der Waals surface area contributed by atoms with E-state index in [4.69, 9.17) is 10.5 Å². The van der Waals surface area contributed by atoms with E-state index in [2.05, 4.69) is 10.3 Å². The fourth-order valence-electron chi connectivity index (χ4n) is 2.08. The maximum absolute atomic E-state index is 12.0. The predicted molar refractivity (Wildman–Crippen MR) is 92.9 cm³/mol. The van der Waals surface area contributed by atoms with Crippen LogP contribution < -0.4 is 11.1 Å². The van der Waals surface area contributed by atoms with Gasteiger partial charge in [0.25, 0.3) is 0 Å². The highest BCUT2D eigenvalue weighted by Crippen LogP contribution is 2.32. The van der Waals surface area contributed by atoms with Crippen molar-refractivity contribution in [2.75, 3.05) is 19.0 Å². The molecule has 0 aliphatic heterocycles.